The van der Waals surface area contributed by atoms with Crippen LogP contribution in [0.4, 0.5) is 0 Å². The molecule has 3 rings (SSSR count). The summed E-state index contributed by atoms with van der Waals surface area (Å²) in [5, 5.41) is 4.48. The number of likely N-dealkylation sites (tertiary alicyclic amines) is 1. The lowest BCUT2D eigenvalue weighted by Gasteiger charge is -2.32. The summed E-state index contributed by atoms with van der Waals surface area (Å²) in [6, 6.07) is 2.30. The molecule has 0 aliphatic carbocycles. The Hall–Kier alpha value is -1.66. The summed E-state index contributed by atoms with van der Waals surface area (Å²) in [4.78, 5) is 22.3. The molecule has 0 spiro atoms. The van der Waals surface area contributed by atoms with Crippen LogP contribution in [0.3, 0.4) is 0 Å². The maximum Gasteiger partial charge on any atom is 0.316 e. The van der Waals surface area contributed by atoms with Crippen LogP contribution < -0.4 is 4.74 Å². The number of hydrogen-bond donors (Lipinski definition) is 0. The molecule has 1 aliphatic rings. The SMILES string of the molecule is O=C(Cc1ccsc1)N1CCC[C@@H](Oc2ncc(Cl)cn2)C1. The number of ether oxygens (including phenoxy) is 1. The van der Waals surface area contributed by atoms with E-state index in [1.165, 1.54) is 12.4 Å². The predicted molar refractivity (Wildman–Crippen MR) is 85.3 cm³/mol. The van der Waals surface area contributed by atoms with Crippen molar-refractivity contribution in [1.82, 2.24) is 14.9 Å². The minimum atomic E-state index is -0.0682. The zero-order valence-corrected chi connectivity index (χ0v) is 13.5. The van der Waals surface area contributed by atoms with Gasteiger partial charge in [-0.05, 0) is 35.2 Å². The molecule has 1 amide bonds. The van der Waals surface area contributed by atoms with Crippen LogP contribution in [-0.4, -0.2) is 40.0 Å². The first kappa shape index (κ1) is 15.2. The van der Waals surface area contributed by atoms with Gasteiger partial charge in [-0.2, -0.15) is 11.3 Å². The minimum absolute atomic E-state index is 0.0682. The van der Waals surface area contributed by atoms with Crippen molar-refractivity contribution in [3.63, 3.8) is 0 Å². The van der Waals surface area contributed by atoms with Crippen molar-refractivity contribution in [3.05, 3.63) is 39.8 Å². The molecule has 1 fully saturated rings. The number of nitrogens with zero attached hydrogens (tertiary/aromatic N) is 3. The van der Waals surface area contributed by atoms with E-state index in [0.29, 0.717) is 24.0 Å². The van der Waals surface area contributed by atoms with E-state index in [9.17, 15) is 4.79 Å². The molecule has 0 saturated carbocycles. The Kier molecular flexibility index (Phi) is 4.90. The Morgan fingerprint density at radius 3 is 3.00 bits per heavy atom. The number of piperidine rings is 1. The molecule has 5 nitrogen and oxygen atoms in total. The summed E-state index contributed by atoms with van der Waals surface area (Å²) < 4.78 is 5.75. The van der Waals surface area contributed by atoms with E-state index in [1.54, 1.807) is 11.3 Å². The molecule has 7 heteroatoms. The number of carbonyl (C=O) groups excluding carboxylic acids is 1. The maximum absolute atomic E-state index is 12.3. The fraction of sp³-hybridized carbons (Fsp3) is 0.400. The Morgan fingerprint density at radius 2 is 2.27 bits per heavy atom. The summed E-state index contributed by atoms with van der Waals surface area (Å²) in [7, 11) is 0. The van der Waals surface area contributed by atoms with Gasteiger partial charge in [0.05, 0.1) is 30.4 Å². The Balaban J connectivity index is 1.56. The monoisotopic (exact) mass is 337 g/mol. The van der Waals surface area contributed by atoms with E-state index in [0.717, 1.165) is 24.9 Å². The van der Waals surface area contributed by atoms with Crippen LogP contribution in [0.2, 0.25) is 5.02 Å². The number of thiophene rings is 1. The Morgan fingerprint density at radius 1 is 1.45 bits per heavy atom. The first-order valence-corrected chi connectivity index (χ1v) is 8.46. The summed E-state index contributed by atoms with van der Waals surface area (Å²) in [5.41, 5.74) is 1.07. The number of hydrogen-bond acceptors (Lipinski definition) is 5. The van der Waals surface area contributed by atoms with Crippen molar-refractivity contribution in [2.24, 2.45) is 0 Å². The quantitative estimate of drug-likeness (QED) is 0.860. The third-order valence-electron chi connectivity index (χ3n) is 3.54. The highest BCUT2D eigenvalue weighted by molar-refractivity contribution is 7.08. The van der Waals surface area contributed by atoms with E-state index in [1.807, 2.05) is 21.7 Å². The van der Waals surface area contributed by atoms with Gasteiger partial charge in [-0.25, -0.2) is 9.97 Å². The van der Waals surface area contributed by atoms with E-state index >= 15 is 0 Å². The number of carbonyl (C=O) groups is 1. The standard InChI is InChI=1S/C15H16ClN3O2S/c16-12-7-17-15(18-8-12)21-13-2-1-4-19(9-13)14(20)6-11-3-5-22-10-11/h3,5,7-8,10,13H,1-2,4,6,9H2/t13-/m1/s1. The molecule has 1 atom stereocenters. The lowest BCUT2D eigenvalue weighted by atomic mass is 10.1. The van der Waals surface area contributed by atoms with Crippen molar-refractivity contribution >= 4 is 28.8 Å². The number of amides is 1. The molecule has 116 valence electrons. The predicted octanol–water partition coefficient (Wildman–Crippen LogP) is 2.80. The van der Waals surface area contributed by atoms with Gasteiger partial charge >= 0.3 is 6.01 Å². The summed E-state index contributed by atoms with van der Waals surface area (Å²) in [5.74, 6) is 0.142. The molecule has 1 saturated heterocycles. The number of aromatic nitrogens is 2. The van der Waals surface area contributed by atoms with Crippen LogP contribution in [0.25, 0.3) is 0 Å². The summed E-state index contributed by atoms with van der Waals surface area (Å²) in [6.07, 6.45) is 5.22. The lowest BCUT2D eigenvalue weighted by molar-refractivity contribution is -0.133. The van der Waals surface area contributed by atoms with Gasteiger partial charge in [0.2, 0.25) is 5.91 Å². The average Bonchev–Trinajstić information content (AvgIpc) is 3.03. The van der Waals surface area contributed by atoms with Crippen molar-refractivity contribution in [2.45, 2.75) is 25.4 Å². The first-order chi connectivity index (χ1) is 10.7. The molecule has 0 aromatic carbocycles. The second-order valence-corrected chi connectivity index (χ2v) is 6.43. The molecule has 2 aromatic rings. The molecular weight excluding hydrogens is 322 g/mol. The first-order valence-electron chi connectivity index (χ1n) is 7.14. The van der Waals surface area contributed by atoms with Crippen molar-refractivity contribution in [1.29, 1.82) is 0 Å². The van der Waals surface area contributed by atoms with E-state index in [2.05, 4.69) is 9.97 Å². The smallest absolute Gasteiger partial charge is 0.316 e. The fourth-order valence-electron chi connectivity index (χ4n) is 2.45. The van der Waals surface area contributed by atoms with Crippen LogP contribution >= 0.6 is 22.9 Å². The summed E-state index contributed by atoms with van der Waals surface area (Å²) in [6.45, 7) is 1.36. The Labute approximate surface area is 137 Å². The van der Waals surface area contributed by atoms with Crippen molar-refractivity contribution < 1.29 is 9.53 Å². The molecule has 0 bridgehead atoms. The normalized spacial score (nSPS) is 18.2. The van der Waals surface area contributed by atoms with Crippen LogP contribution in [-0.2, 0) is 11.2 Å². The second-order valence-electron chi connectivity index (χ2n) is 5.21. The highest BCUT2D eigenvalue weighted by Gasteiger charge is 2.25. The van der Waals surface area contributed by atoms with Crippen LogP contribution in [0.1, 0.15) is 18.4 Å². The molecule has 0 N–H and O–H groups in total. The van der Waals surface area contributed by atoms with Gasteiger partial charge < -0.3 is 9.64 Å². The molecule has 3 heterocycles. The van der Waals surface area contributed by atoms with E-state index < -0.39 is 0 Å². The van der Waals surface area contributed by atoms with Crippen LogP contribution in [0.15, 0.2) is 29.2 Å². The van der Waals surface area contributed by atoms with E-state index in [4.69, 9.17) is 16.3 Å². The van der Waals surface area contributed by atoms with Crippen LogP contribution in [0.5, 0.6) is 6.01 Å². The van der Waals surface area contributed by atoms with Crippen molar-refractivity contribution in [3.8, 4) is 6.01 Å². The van der Waals surface area contributed by atoms with Gasteiger partial charge in [0.1, 0.15) is 6.10 Å². The molecule has 22 heavy (non-hydrogen) atoms. The van der Waals surface area contributed by atoms with Gasteiger partial charge in [0, 0.05) is 6.54 Å². The number of halogens is 1. The summed E-state index contributed by atoms with van der Waals surface area (Å²) >= 11 is 7.36. The van der Waals surface area contributed by atoms with Crippen LogP contribution in [0, 0.1) is 0 Å². The van der Waals surface area contributed by atoms with Gasteiger partial charge in [0.25, 0.3) is 0 Å². The van der Waals surface area contributed by atoms with Crippen molar-refractivity contribution in [2.75, 3.05) is 13.1 Å². The second kappa shape index (κ2) is 7.07. The third kappa shape index (κ3) is 3.96. The zero-order valence-electron chi connectivity index (χ0n) is 11.9. The average molecular weight is 338 g/mol. The zero-order chi connectivity index (χ0) is 15.4. The third-order valence-corrected chi connectivity index (χ3v) is 4.46. The van der Waals surface area contributed by atoms with Gasteiger partial charge in [-0.15, -0.1) is 0 Å². The minimum Gasteiger partial charge on any atom is -0.458 e. The highest BCUT2D eigenvalue weighted by atomic mass is 35.5. The number of rotatable bonds is 4. The highest BCUT2D eigenvalue weighted by Crippen LogP contribution is 2.17. The maximum atomic E-state index is 12.3. The molecule has 2 aromatic heterocycles. The largest absolute Gasteiger partial charge is 0.458 e. The molecule has 1 aliphatic heterocycles. The van der Waals surface area contributed by atoms with Gasteiger partial charge in [0.15, 0.2) is 0 Å². The van der Waals surface area contributed by atoms with Gasteiger partial charge in [-0.3, -0.25) is 4.79 Å². The Bertz CT molecular complexity index is 618. The lowest BCUT2D eigenvalue weighted by Crippen LogP contribution is -2.45. The fourth-order valence-corrected chi connectivity index (χ4v) is 3.22. The molecular formula is C15H16ClN3O2S. The topological polar surface area (TPSA) is 55.3 Å². The van der Waals surface area contributed by atoms with Gasteiger partial charge in [-0.1, -0.05) is 11.6 Å². The molecule has 0 unspecified atom stereocenters. The molecule has 0 radical (unpaired) electrons. The van der Waals surface area contributed by atoms with E-state index in [-0.39, 0.29) is 12.0 Å².